The first kappa shape index (κ1) is 23.1. The predicted molar refractivity (Wildman–Crippen MR) is 126 cm³/mol. The number of ether oxygens (including phenoxy) is 2. The van der Waals surface area contributed by atoms with Crippen LogP contribution in [-0.2, 0) is 9.47 Å². The summed E-state index contributed by atoms with van der Waals surface area (Å²) in [4.78, 5) is 26.6. The minimum Gasteiger partial charge on any atom is -1.00 e. The Bertz CT molecular complexity index is 1160. The van der Waals surface area contributed by atoms with Crippen LogP contribution in [0.2, 0.25) is 0 Å². The SMILES string of the molecule is O=C(OC1c2ccccc2-c2ccccc21)O[C@H]1C[N+]2(CC(=O)c3cccs3)CCC1CC2.[Cl-]. The topological polar surface area (TPSA) is 52.6 Å². The highest BCUT2D eigenvalue weighted by molar-refractivity contribution is 7.12. The Labute approximate surface area is 209 Å². The van der Waals surface area contributed by atoms with E-state index in [4.69, 9.17) is 9.47 Å². The lowest BCUT2D eigenvalue weighted by molar-refractivity contribution is -0.938. The number of benzene rings is 2. The molecule has 5 nitrogen and oxygen atoms in total. The highest BCUT2D eigenvalue weighted by Crippen LogP contribution is 2.45. The van der Waals surface area contributed by atoms with Gasteiger partial charge in [0, 0.05) is 29.9 Å². The smallest absolute Gasteiger partial charge is 0.509 e. The van der Waals surface area contributed by atoms with Crippen molar-refractivity contribution in [2.75, 3.05) is 26.2 Å². The molecule has 0 radical (unpaired) electrons. The number of nitrogens with zero attached hydrogens (tertiary/aromatic N) is 1. The second-order valence-corrected chi connectivity index (χ2v) is 10.4. The van der Waals surface area contributed by atoms with E-state index in [1.165, 1.54) is 11.3 Å². The maximum absolute atomic E-state index is 13.0. The number of carbonyl (C=O) groups excluding carboxylic acids is 2. The van der Waals surface area contributed by atoms with Crippen LogP contribution < -0.4 is 12.4 Å². The number of thiophene rings is 1. The van der Waals surface area contributed by atoms with Crippen molar-refractivity contribution in [3.05, 3.63) is 82.0 Å². The van der Waals surface area contributed by atoms with Crippen LogP contribution in [0.5, 0.6) is 0 Å². The second kappa shape index (κ2) is 9.17. The van der Waals surface area contributed by atoms with E-state index in [9.17, 15) is 9.59 Å². The van der Waals surface area contributed by atoms with Gasteiger partial charge in [0.2, 0.25) is 5.78 Å². The van der Waals surface area contributed by atoms with Crippen LogP contribution in [0.1, 0.15) is 39.7 Å². The number of rotatable bonds is 5. The van der Waals surface area contributed by atoms with Crippen LogP contribution in [0.15, 0.2) is 66.0 Å². The molecule has 4 aliphatic rings. The molecule has 1 atom stereocenters. The number of fused-ring (bicyclic) bond motifs is 6. The quantitative estimate of drug-likeness (QED) is 0.310. The van der Waals surface area contributed by atoms with Gasteiger partial charge in [-0.2, -0.15) is 0 Å². The highest BCUT2D eigenvalue weighted by Gasteiger charge is 2.49. The second-order valence-electron chi connectivity index (χ2n) is 9.45. The Morgan fingerprint density at radius 3 is 2.15 bits per heavy atom. The van der Waals surface area contributed by atoms with Crippen LogP contribution in [0.25, 0.3) is 11.1 Å². The summed E-state index contributed by atoms with van der Waals surface area (Å²) in [5, 5.41) is 1.94. The lowest BCUT2D eigenvalue weighted by Crippen LogP contribution is -3.00. The first-order valence-electron chi connectivity index (χ1n) is 11.6. The number of piperidine rings is 3. The summed E-state index contributed by atoms with van der Waals surface area (Å²) in [5.74, 6) is 0.531. The minimum absolute atomic E-state index is 0. The molecule has 0 spiro atoms. The third-order valence-corrected chi connectivity index (χ3v) is 8.47. The van der Waals surface area contributed by atoms with Gasteiger partial charge in [-0.15, -0.1) is 11.3 Å². The Balaban J connectivity index is 0.00000241. The number of halogens is 1. The van der Waals surface area contributed by atoms with Crippen LogP contribution >= 0.6 is 11.3 Å². The van der Waals surface area contributed by atoms with Gasteiger partial charge in [-0.05, 0) is 22.6 Å². The average Bonchev–Trinajstić information content (AvgIpc) is 3.48. The van der Waals surface area contributed by atoms with Gasteiger partial charge in [-0.1, -0.05) is 54.6 Å². The van der Waals surface area contributed by atoms with E-state index in [-0.39, 0.29) is 24.3 Å². The monoisotopic (exact) mass is 495 g/mol. The molecule has 176 valence electrons. The van der Waals surface area contributed by atoms with Crippen LogP contribution in [0.3, 0.4) is 0 Å². The standard InChI is InChI=1S/C27H26NO4S.ClH/c29-23(25-10-5-15-33-25)16-28-13-11-18(12-14-28)24(17-28)31-27(30)32-26-21-8-3-1-6-19(21)20-7-2-4-9-22(20)26;/h1-10,15,18,24,26H,11-14,16-17H2;1H/q+1;/p-1/t18?,24-,28?;/m0./s1. The van der Waals surface area contributed by atoms with Crippen molar-refractivity contribution in [3.63, 3.8) is 0 Å². The number of hydrogen-bond donors (Lipinski definition) is 0. The van der Waals surface area contributed by atoms with E-state index in [2.05, 4.69) is 12.1 Å². The Kier molecular flexibility index (Phi) is 6.23. The molecular formula is C27H26ClNO4S. The predicted octanol–water partition coefficient (Wildman–Crippen LogP) is 2.47. The van der Waals surface area contributed by atoms with Crippen LogP contribution in [0, 0.1) is 5.92 Å². The molecule has 0 N–H and O–H groups in total. The van der Waals surface area contributed by atoms with Gasteiger partial charge in [-0.3, -0.25) is 4.79 Å². The fraction of sp³-hybridized carbons (Fsp3) is 0.333. The molecular weight excluding hydrogens is 470 g/mol. The average molecular weight is 496 g/mol. The van der Waals surface area contributed by atoms with Crippen molar-refractivity contribution in [3.8, 4) is 11.1 Å². The maximum atomic E-state index is 13.0. The molecule has 34 heavy (non-hydrogen) atoms. The number of hydrogen-bond acceptors (Lipinski definition) is 5. The molecule has 1 aliphatic carbocycles. The zero-order chi connectivity index (χ0) is 22.4. The number of Topliss-reactive ketones (excluding diaryl/α,β-unsaturated/α-hetero) is 1. The van der Waals surface area contributed by atoms with Gasteiger partial charge in [0.15, 0.2) is 12.2 Å². The summed E-state index contributed by atoms with van der Waals surface area (Å²) >= 11 is 1.49. The molecule has 2 aromatic carbocycles. The molecule has 4 heterocycles. The molecule has 0 amide bonds. The molecule has 2 bridgehead atoms. The van der Waals surface area contributed by atoms with Crippen molar-refractivity contribution in [2.45, 2.75) is 25.0 Å². The third-order valence-electron chi connectivity index (χ3n) is 7.55. The molecule has 7 rings (SSSR count). The first-order valence-corrected chi connectivity index (χ1v) is 12.5. The van der Waals surface area contributed by atoms with Crippen molar-refractivity contribution in [2.24, 2.45) is 5.92 Å². The van der Waals surface area contributed by atoms with E-state index in [1.807, 2.05) is 53.9 Å². The zero-order valence-electron chi connectivity index (χ0n) is 18.7. The van der Waals surface area contributed by atoms with Gasteiger partial charge >= 0.3 is 6.16 Å². The Morgan fingerprint density at radius 2 is 1.53 bits per heavy atom. The largest absolute Gasteiger partial charge is 1.00 e. The fourth-order valence-electron chi connectivity index (χ4n) is 5.88. The lowest BCUT2D eigenvalue weighted by Gasteiger charge is -2.51. The lowest BCUT2D eigenvalue weighted by atomic mass is 9.83. The van der Waals surface area contributed by atoms with Crippen LogP contribution in [0.4, 0.5) is 4.79 Å². The third kappa shape index (κ3) is 4.04. The summed E-state index contributed by atoms with van der Waals surface area (Å²) in [7, 11) is 0. The normalized spacial score (nSPS) is 24.6. The molecule has 0 unspecified atom stereocenters. The molecule has 3 saturated heterocycles. The summed E-state index contributed by atoms with van der Waals surface area (Å²) in [6, 6.07) is 19.9. The minimum atomic E-state index is -0.618. The van der Waals surface area contributed by atoms with E-state index >= 15 is 0 Å². The van der Waals surface area contributed by atoms with Gasteiger partial charge < -0.3 is 26.4 Å². The number of carbonyl (C=O) groups is 2. The zero-order valence-corrected chi connectivity index (χ0v) is 20.3. The maximum Gasteiger partial charge on any atom is 0.509 e. The summed E-state index contributed by atoms with van der Waals surface area (Å²) in [5.41, 5.74) is 4.19. The summed E-state index contributed by atoms with van der Waals surface area (Å²) in [6.07, 6.45) is 0.681. The number of quaternary nitrogens is 1. The molecule has 7 heteroatoms. The van der Waals surface area contributed by atoms with Crippen molar-refractivity contribution in [1.29, 1.82) is 0 Å². The van der Waals surface area contributed by atoms with E-state index in [0.717, 1.165) is 53.1 Å². The number of ketones is 1. The van der Waals surface area contributed by atoms with E-state index < -0.39 is 12.3 Å². The van der Waals surface area contributed by atoms with Gasteiger partial charge in [0.25, 0.3) is 0 Å². The Morgan fingerprint density at radius 1 is 0.882 bits per heavy atom. The van der Waals surface area contributed by atoms with Crippen molar-refractivity contribution >= 4 is 23.3 Å². The molecule has 3 aromatic rings. The summed E-state index contributed by atoms with van der Waals surface area (Å²) in [6.45, 7) is 3.11. The fourth-order valence-corrected chi connectivity index (χ4v) is 6.54. The highest BCUT2D eigenvalue weighted by atomic mass is 35.5. The van der Waals surface area contributed by atoms with Gasteiger partial charge in [-0.25, -0.2) is 4.79 Å². The molecule has 1 aromatic heterocycles. The Hall–Kier alpha value is -2.67. The van der Waals surface area contributed by atoms with Crippen molar-refractivity contribution < 1.29 is 36.0 Å². The van der Waals surface area contributed by atoms with E-state index in [1.54, 1.807) is 0 Å². The van der Waals surface area contributed by atoms with Gasteiger partial charge in [0.05, 0.1) is 18.0 Å². The summed E-state index contributed by atoms with van der Waals surface area (Å²) < 4.78 is 12.6. The molecule has 3 fully saturated rings. The first-order chi connectivity index (χ1) is 16.1. The van der Waals surface area contributed by atoms with E-state index in [0.29, 0.717) is 23.5 Å². The van der Waals surface area contributed by atoms with Crippen LogP contribution in [-0.4, -0.2) is 48.7 Å². The van der Waals surface area contributed by atoms with Gasteiger partial charge in [0.1, 0.15) is 13.1 Å². The molecule has 0 saturated carbocycles. The molecule has 3 aliphatic heterocycles. The van der Waals surface area contributed by atoms with Crippen molar-refractivity contribution in [1.82, 2.24) is 0 Å².